The zero-order valence-electron chi connectivity index (χ0n) is 14.1. The number of ether oxygens (including phenoxy) is 2. The molecule has 3 aromatic rings. The quantitative estimate of drug-likeness (QED) is 0.489. The molecule has 0 saturated carbocycles. The van der Waals surface area contributed by atoms with Gasteiger partial charge >= 0.3 is 5.63 Å². The van der Waals surface area contributed by atoms with Crippen molar-refractivity contribution in [3.8, 4) is 11.5 Å². The third kappa shape index (κ3) is 3.34. The maximum Gasteiger partial charge on any atom is 0.343 e. The number of benzene rings is 1. The summed E-state index contributed by atoms with van der Waals surface area (Å²) in [5.41, 5.74) is 0.482. The fourth-order valence-electron chi connectivity index (χ4n) is 2.66. The molecule has 25 heavy (non-hydrogen) atoms. The molecule has 7 nitrogen and oxygen atoms in total. The molecule has 0 bridgehead atoms. The molecule has 3 rings (SSSR count). The Labute approximate surface area is 144 Å². The Morgan fingerprint density at radius 1 is 1.20 bits per heavy atom. The summed E-state index contributed by atoms with van der Waals surface area (Å²) in [5.74, 6) is 0.692. The van der Waals surface area contributed by atoms with E-state index < -0.39 is 15.5 Å². The lowest BCUT2D eigenvalue weighted by Gasteiger charge is -2.13. The van der Waals surface area contributed by atoms with Gasteiger partial charge in [0, 0.05) is 11.6 Å². The van der Waals surface area contributed by atoms with Crippen LogP contribution in [-0.2, 0) is 9.84 Å². The highest BCUT2D eigenvalue weighted by Gasteiger charge is 2.20. The Hall–Kier alpha value is -2.48. The number of hydrogen-bond acceptors (Lipinski definition) is 7. The topological polar surface area (TPSA) is 96.0 Å². The van der Waals surface area contributed by atoms with E-state index in [9.17, 15) is 13.2 Å². The molecule has 1 aromatic carbocycles. The van der Waals surface area contributed by atoms with Crippen LogP contribution < -0.4 is 15.1 Å². The number of methoxy groups -OCH3 is 1. The molecule has 0 spiro atoms. The second-order valence-corrected chi connectivity index (χ2v) is 8.06. The molecule has 0 saturated heterocycles. The Bertz CT molecular complexity index is 1090. The average molecular weight is 366 g/mol. The molecule has 0 unspecified atom stereocenters. The van der Waals surface area contributed by atoms with Crippen LogP contribution in [0, 0.1) is 6.92 Å². The third-order valence-corrected chi connectivity index (χ3v) is 4.88. The molecule has 0 amide bonds. The number of furan rings is 1. The fourth-order valence-corrected chi connectivity index (χ4v) is 3.31. The highest BCUT2D eigenvalue weighted by Crippen LogP contribution is 2.39. The van der Waals surface area contributed by atoms with E-state index in [1.165, 1.54) is 19.6 Å². The number of sulfone groups is 1. The van der Waals surface area contributed by atoms with Gasteiger partial charge in [-0.05, 0) is 25.5 Å². The monoisotopic (exact) mass is 366 g/mol. The van der Waals surface area contributed by atoms with Crippen LogP contribution in [0.3, 0.4) is 0 Å². The maximum atomic E-state index is 12.2. The molecule has 0 atom stereocenters. The van der Waals surface area contributed by atoms with Gasteiger partial charge in [-0.25, -0.2) is 13.2 Å². The summed E-state index contributed by atoms with van der Waals surface area (Å²) in [5, 5.41) is 1.35. The van der Waals surface area contributed by atoms with Crippen molar-refractivity contribution in [2.75, 3.05) is 25.7 Å². The second kappa shape index (κ2) is 6.44. The SMILES string of the molecule is COc1c2occc2cc2c(OCCCS(C)(=O)=O)c(C)c(=O)oc12. The van der Waals surface area contributed by atoms with Gasteiger partial charge < -0.3 is 18.3 Å². The van der Waals surface area contributed by atoms with Crippen LogP contribution >= 0.6 is 0 Å². The lowest BCUT2D eigenvalue weighted by Crippen LogP contribution is -2.11. The summed E-state index contributed by atoms with van der Waals surface area (Å²) < 4.78 is 44.3. The zero-order valence-corrected chi connectivity index (χ0v) is 14.9. The Kier molecular flexibility index (Phi) is 4.47. The molecule has 8 heteroatoms. The van der Waals surface area contributed by atoms with Crippen LogP contribution in [0.1, 0.15) is 12.0 Å². The Balaban J connectivity index is 2.10. The average Bonchev–Trinajstić information content (AvgIpc) is 3.00. The summed E-state index contributed by atoms with van der Waals surface area (Å²) >= 11 is 0. The largest absolute Gasteiger partial charge is 0.492 e. The minimum Gasteiger partial charge on any atom is -0.492 e. The molecular weight excluding hydrogens is 348 g/mol. The van der Waals surface area contributed by atoms with E-state index >= 15 is 0 Å². The van der Waals surface area contributed by atoms with Crippen LogP contribution in [0.2, 0.25) is 0 Å². The van der Waals surface area contributed by atoms with E-state index in [0.717, 1.165) is 5.39 Å². The van der Waals surface area contributed by atoms with E-state index in [0.29, 0.717) is 34.5 Å². The molecule has 2 aromatic heterocycles. The van der Waals surface area contributed by atoms with Crippen molar-refractivity contribution in [1.29, 1.82) is 0 Å². The summed E-state index contributed by atoms with van der Waals surface area (Å²) in [7, 11) is -1.60. The fraction of sp³-hybridized carbons (Fsp3) is 0.353. The maximum absolute atomic E-state index is 12.2. The molecular formula is C17H18O7S. The van der Waals surface area contributed by atoms with Gasteiger partial charge in [-0.3, -0.25) is 0 Å². The summed E-state index contributed by atoms with van der Waals surface area (Å²) in [4.78, 5) is 12.2. The molecule has 134 valence electrons. The molecule has 0 aliphatic heterocycles. The molecule has 0 radical (unpaired) electrons. The van der Waals surface area contributed by atoms with Crippen molar-refractivity contribution in [3.05, 3.63) is 34.4 Å². The highest BCUT2D eigenvalue weighted by atomic mass is 32.2. The van der Waals surface area contributed by atoms with Gasteiger partial charge in [0.2, 0.25) is 5.75 Å². The van der Waals surface area contributed by atoms with Gasteiger partial charge in [0.05, 0.1) is 36.7 Å². The van der Waals surface area contributed by atoms with Crippen LogP contribution in [0.5, 0.6) is 11.5 Å². The number of hydrogen-bond donors (Lipinski definition) is 0. The Morgan fingerprint density at radius 2 is 1.96 bits per heavy atom. The standard InChI is InChI=1S/C17H18O7S/c1-10-13(22-6-4-8-25(3,19)20)12-9-11-5-7-23-14(11)16(21-2)15(12)24-17(10)18/h5,7,9H,4,6,8H2,1-3H3. The second-order valence-electron chi connectivity index (χ2n) is 5.80. The van der Waals surface area contributed by atoms with E-state index in [1.807, 2.05) is 0 Å². The van der Waals surface area contributed by atoms with Gasteiger partial charge in [-0.1, -0.05) is 0 Å². The minimum absolute atomic E-state index is 0.0146. The van der Waals surface area contributed by atoms with Crippen LogP contribution in [0.25, 0.3) is 21.9 Å². The van der Waals surface area contributed by atoms with Gasteiger partial charge in [0.15, 0.2) is 11.2 Å². The van der Waals surface area contributed by atoms with Crippen LogP contribution in [-0.4, -0.2) is 34.1 Å². The molecule has 0 N–H and O–H groups in total. The van der Waals surface area contributed by atoms with Gasteiger partial charge in [0.25, 0.3) is 0 Å². The van der Waals surface area contributed by atoms with Gasteiger partial charge in [-0.15, -0.1) is 0 Å². The van der Waals surface area contributed by atoms with Crippen LogP contribution in [0.4, 0.5) is 0 Å². The van der Waals surface area contributed by atoms with E-state index in [-0.39, 0.29) is 17.9 Å². The minimum atomic E-state index is -3.06. The van der Waals surface area contributed by atoms with Gasteiger partial charge in [-0.2, -0.15) is 0 Å². The van der Waals surface area contributed by atoms with Crippen molar-refractivity contribution < 1.29 is 26.7 Å². The lowest BCUT2D eigenvalue weighted by molar-refractivity contribution is 0.315. The lowest BCUT2D eigenvalue weighted by atomic mass is 10.1. The van der Waals surface area contributed by atoms with Crippen molar-refractivity contribution in [2.45, 2.75) is 13.3 Å². The van der Waals surface area contributed by atoms with Crippen molar-refractivity contribution in [1.82, 2.24) is 0 Å². The first-order chi connectivity index (χ1) is 11.8. The summed E-state index contributed by atoms with van der Waals surface area (Å²) in [6.07, 6.45) is 3.01. The van der Waals surface area contributed by atoms with Crippen molar-refractivity contribution in [2.24, 2.45) is 0 Å². The summed E-state index contributed by atoms with van der Waals surface area (Å²) in [6, 6.07) is 3.56. The predicted octanol–water partition coefficient (Wildman–Crippen LogP) is 2.67. The number of fused-ring (bicyclic) bond motifs is 2. The first kappa shape index (κ1) is 17.3. The normalized spacial score (nSPS) is 12.0. The van der Waals surface area contributed by atoms with E-state index in [1.54, 1.807) is 19.1 Å². The third-order valence-electron chi connectivity index (χ3n) is 3.85. The first-order valence-corrected chi connectivity index (χ1v) is 9.70. The summed E-state index contributed by atoms with van der Waals surface area (Å²) in [6.45, 7) is 1.77. The molecule has 0 aliphatic rings. The van der Waals surface area contributed by atoms with Crippen molar-refractivity contribution >= 4 is 31.8 Å². The van der Waals surface area contributed by atoms with Gasteiger partial charge in [0.1, 0.15) is 15.6 Å². The zero-order chi connectivity index (χ0) is 18.2. The molecule has 2 heterocycles. The Morgan fingerprint density at radius 3 is 2.64 bits per heavy atom. The van der Waals surface area contributed by atoms with E-state index in [4.69, 9.17) is 18.3 Å². The highest BCUT2D eigenvalue weighted by molar-refractivity contribution is 7.90. The molecule has 0 aliphatic carbocycles. The molecule has 0 fully saturated rings. The van der Waals surface area contributed by atoms with Crippen LogP contribution in [0.15, 0.2) is 32.0 Å². The first-order valence-electron chi connectivity index (χ1n) is 7.64. The predicted molar refractivity (Wildman–Crippen MR) is 93.4 cm³/mol. The number of rotatable bonds is 6. The smallest absolute Gasteiger partial charge is 0.343 e. The van der Waals surface area contributed by atoms with E-state index in [2.05, 4.69) is 0 Å². The van der Waals surface area contributed by atoms with Crippen molar-refractivity contribution in [3.63, 3.8) is 0 Å².